The SMILES string of the molecule is CS(=O)(=O)OC(=O)/C(=N\O)c1csc(N)n1. The molecule has 1 aromatic heterocycles. The topological polar surface area (TPSA) is 132 Å². The van der Waals surface area contributed by atoms with E-state index in [1.54, 1.807) is 0 Å². The van der Waals surface area contributed by atoms with E-state index < -0.39 is 21.8 Å². The molecule has 0 saturated carbocycles. The van der Waals surface area contributed by atoms with E-state index in [0.717, 1.165) is 11.3 Å². The third-order valence-electron chi connectivity index (χ3n) is 1.28. The highest BCUT2D eigenvalue weighted by molar-refractivity contribution is 7.86. The maximum Gasteiger partial charge on any atom is 0.378 e. The van der Waals surface area contributed by atoms with Crippen molar-refractivity contribution in [3.8, 4) is 0 Å². The molecule has 1 aromatic rings. The molecular formula is C6H7N3O5S2. The molecule has 0 unspecified atom stereocenters. The van der Waals surface area contributed by atoms with Crippen LogP contribution in [0.3, 0.4) is 0 Å². The zero-order valence-electron chi connectivity index (χ0n) is 7.95. The Morgan fingerprint density at radius 1 is 1.69 bits per heavy atom. The van der Waals surface area contributed by atoms with E-state index in [9.17, 15) is 13.2 Å². The number of anilines is 1. The first-order valence-electron chi connectivity index (χ1n) is 3.70. The van der Waals surface area contributed by atoms with Gasteiger partial charge in [-0.2, -0.15) is 8.42 Å². The van der Waals surface area contributed by atoms with E-state index in [4.69, 9.17) is 10.9 Å². The van der Waals surface area contributed by atoms with Crippen molar-refractivity contribution in [3.63, 3.8) is 0 Å². The lowest BCUT2D eigenvalue weighted by Crippen LogP contribution is -2.22. The zero-order valence-corrected chi connectivity index (χ0v) is 9.58. The van der Waals surface area contributed by atoms with E-state index >= 15 is 0 Å². The standard InChI is InChI=1S/C6H7N3O5S2/c1-16(12,13)14-5(10)4(9-11)3-2-15-6(7)8-3/h2,11H,1H3,(H2,7,8)/b9-4-. The van der Waals surface area contributed by atoms with E-state index in [1.807, 2.05) is 0 Å². The quantitative estimate of drug-likeness (QED) is 0.323. The van der Waals surface area contributed by atoms with Gasteiger partial charge in [-0.25, -0.2) is 9.78 Å². The number of nitrogens with two attached hydrogens (primary N) is 1. The summed E-state index contributed by atoms with van der Waals surface area (Å²) in [6, 6.07) is 0. The van der Waals surface area contributed by atoms with Gasteiger partial charge in [0, 0.05) is 5.38 Å². The Morgan fingerprint density at radius 3 is 2.69 bits per heavy atom. The molecule has 0 fully saturated rings. The van der Waals surface area contributed by atoms with Crippen LogP contribution in [0.4, 0.5) is 5.13 Å². The van der Waals surface area contributed by atoms with Crippen molar-refractivity contribution in [2.24, 2.45) is 5.16 Å². The summed E-state index contributed by atoms with van der Waals surface area (Å²) in [5, 5.41) is 12.7. The lowest BCUT2D eigenvalue weighted by atomic mass is 10.3. The normalized spacial score (nSPS) is 12.4. The Kier molecular flexibility index (Phi) is 3.44. The van der Waals surface area contributed by atoms with Gasteiger partial charge in [0.25, 0.3) is 0 Å². The third-order valence-corrected chi connectivity index (χ3v) is 2.41. The fourth-order valence-corrected chi connectivity index (χ4v) is 1.67. The van der Waals surface area contributed by atoms with Crippen molar-refractivity contribution >= 4 is 38.3 Å². The number of nitrogens with zero attached hydrogens (tertiary/aromatic N) is 2. The molecule has 0 aliphatic rings. The summed E-state index contributed by atoms with van der Waals surface area (Å²) >= 11 is 1.00. The van der Waals surface area contributed by atoms with Crippen LogP contribution in [0.2, 0.25) is 0 Å². The second-order valence-electron chi connectivity index (χ2n) is 2.59. The number of rotatable bonds is 3. The van der Waals surface area contributed by atoms with Gasteiger partial charge in [-0.05, 0) is 0 Å². The first-order valence-corrected chi connectivity index (χ1v) is 6.40. The molecule has 0 bridgehead atoms. The van der Waals surface area contributed by atoms with Crippen molar-refractivity contribution in [1.29, 1.82) is 0 Å². The van der Waals surface area contributed by atoms with Gasteiger partial charge in [-0.1, -0.05) is 5.16 Å². The van der Waals surface area contributed by atoms with Gasteiger partial charge >= 0.3 is 16.1 Å². The molecular weight excluding hydrogens is 258 g/mol. The fourth-order valence-electron chi connectivity index (χ4n) is 0.770. The predicted octanol–water partition coefficient (Wildman–Crippen LogP) is -0.594. The van der Waals surface area contributed by atoms with Crippen LogP contribution in [-0.4, -0.2) is 36.5 Å². The van der Waals surface area contributed by atoms with Crippen LogP contribution in [0, 0.1) is 0 Å². The first-order chi connectivity index (χ1) is 7.33. The number of carbonyl (C=O) groups excluding carboxylic acids is 1. The van der Waals surface area contributed by atoms with Gasteiger partial charge < -0.3 is 15.1 Å². The maximum absolute atomic E-state index is 11.2. The molecule has 0 atom stereocenters. The molecule has 0 aromatic carbocycles. The molecule has 1 heterocycles. The summed E-state index contributed by atoms with van der Waals surface area (Å²) in [5.74, 6) is -1.32. The Hall–Kier alpha value is -1.68. The lowest BCUT2D eigenvalue weighted by Gasteiger charge is -2.00. The second-order valence-corrected chi connectivity index (χ2v) is 5.06. The number of hydrogen-bond acceptors (Lipinski definition) is 9. The number of aromatic nitrogens is 1. The monoisotopic (exact) mass is 265 g/mol. The van der Waals surface area contributed by atoms with Crippen LogP contribution in [0.15, 0.2) is 10.5 Å². The summed E-state index contributed by atoms with van der Waals surface area (Å²) in [7, 11) is -3.98. The predicted molar refractivity (Wildman–Crippen MR) is 55.8 cm³/mol. The molecule has 0 aliphatic heterocycles. The Morgan fingerprint density at radius 2 is 2.31 bits per heavy atom. The minimum absolute atomic E-state index is 0.0568. The van der Waals surface area contributed by atoms with Gasteiger partial charge in [-0.3, -0.25) is 0 Å². The second kappa shape index (κ2) is 4.45. The average Bonchev–Trinajstić information content (AvgIpc) is 2.49. The highest BCUT2D eigenvalue weighted by Crippen LogP contribution is 2.12. The minimum atomic E-state index is -3.98. The van der Waals surface area contributed by atoms with E-state index in [-0.39, 0.29) is 10.8 Å². The Bertz CT molecular complexity index is 532. The van der Waals surface area contributed by atoms with Gasteiger partial charge in [-0.15, -0.1) is 11.3 Å². The van der Waals surface area contributed by atoms with Crippen LogP contribution < -0.4 is 5.73 Å². The summed E-state index contributed by atoms with van der Waals surface area (Å²) in [4.78, 5) is 14.9. The molecule has 0 radical (unpaired) electrons. The van der Waals surface area contributed by atoms with Gasteiger partial charge in [0.05, 0.1) is 6.26 Å². The van der Waals surface area contributed by atoms with Crippen LogP contribution in [0.25, 0.3) is 0 Å². The molecule has 0 saturated heterocycles. The van der Waals surface area contributed by atoms with E-state index in [0.29, 0.717) is 6.26 Å². The fraction of sp³-hybridized carbons (Fsp3) is 0.167. The lowest BCUT2D eigenvalue weighted by molar-refractivity contribution is -0.126. The molecule has 3 N–H and O–H groups in total. The number of hydrogen-bond donors (Lipinski definition) is 2. The molecule has 0 amide bonds. The van der Waals surface area contributed by atoms with Gasteiger partial charge in [0.15, 0.2) is 5.13 Å². The molecule has 8 nitrogen and oxygen atoms in total. The molecule has 0 aliphatic carbocycles. The number of thiazole rings is 1. The largest absolute Gasteiger partial charge is 0.410 e. The molecule has 10 heteroatoms. The number of carbonyl (C=O) groups is 1. The summed E-state index contributed by atoms with van der Waals surface area (Å²) < 4.78 is 25.4. The molecule has 1 rings (SSSR count). The van der Waals surface area contributed by atoms with Crippen molar-refractivity contribution in [2.45, 2.75) is 0 Å². The third kappa shape index (κ3) is 3.17. The van der Waals surface area contributed by atoms with Crippen LogP contribution in [0.5, 0.6) is 0 Å². The Balaban J connectivity index is 2.97. The first kappa shape index (κ1) is 12.4. The highest BCUT2D eigenvalue weighted by Gasteiger charge is 2.23. The summed E-state index contributed by atoms with van der Waals surface area (Å²) in [6.07, 6.45) is 0.690. The zero-order chi connectivity index (χ0) is 12.3. The van der Waals surface area contributed by atoms with E-state index in [2.05, 4.69) is 14.3 Å². The van der Waals surface area contributed by atoms with Crippen molar-refractivity contribution in [1.82, 2.24) is 4.98 Å². The van der Waals surface area contributed by atoms with Crippen molar-refractivity contribution in [2.75, 3.05) is 12.0 Å². The number of oxime groups is 1. The Labute approximate surface area is 94.5 Å². The van der Waals surface area contributed by atoms with Gasteiger partial charge in [0.2, 0.25) is 5.71 Å². The van der Waals surface area contributed by atoms with Crippen molar-refractivity contribution < 1.29 is 22.6 Å². The van der Waals surface area contributed by atoms with Crippen molar-refractivity contribution in [3.05, 3.63) is 11.1 Å². The summed E-state index contributed by atoms with van der Waals surface area (Å²) in [6.45, 7) is 0. The highest BCUT2D eigenvalue weighted by atomic mass is 32.2. The van der Waals surface area contributed by atoms with Crippen LogP contribution in [0.1, 0.15) is 5.69 Å². The van der Waals surface area contributed by atoms with E-state index in [1.165, 1.54) is 5.38 Å². The molecule has 16 heavy (non-hydrogen) atoms. The number of nitrogen functional groups attached to an aromatic ring is 1. The molecule has 0 spiro atoms. The smallest absolute Gasteiger partial charge is 0.378 e. The van der Waals surface area contributed by atoms with Crippen LogP contribution in [-0.2, 0) is 19.1 Å². The molecule has 88 valence electrons. The summed E-state index contributed by atoms with van der Waals surface area (Å²) in [5.41, 5.74) is 4.62. The maximum atomic E-state index is 11.2. The average molecular weight is 265 g/mol. The van der Waals surface area contributed by atoms with Crippen LogP contribution >= 0.6 is 11.3 Å². The van der Waals surface area contributed by atoms with Gasteiger partial charge in [0.1, 0.15) is 5.69 Å². The minimum Gasteiger partial charge on any atom is -0.410 e.